The molecular weight excluding hydrogens is 273 g/mol. The predicted octanol–water partition coefficient (Wildman–Crippen LogP) is 2.76. The molecule has 0 radical (unpaired) electrons. The van der Waals surface area contributed by atoms with E-state index in [0.717, 1.165) is 0 Å². The van der Waals surface area contributed by atoms with Crippen molar-refractivity contribution in [1.82, 2.24) is 5.32 Å². The fraction of sp³-hybridized carbons (Fsp3) is 0.231. The van der Waals surface area contributed by atoms with E-state index >= 15 is 0 Å². The summed E-state index contributed by atoms with van der Waals surface area (Å²) in [6.45, 7) is 0. The van der Waals surface area contributed by atoms with Gasteiger partial charge in [0, 0.05) is 0 Å². The fourth-order valence-electron chi connectivity index (χ4n) is 1.50. The average Bonchev–Trinajstić information content (AvgIpc) is 2.36. The molecule has 2 N–H and O–H groups in total. The lowest BCUT2D eigenvalue weighted by Crippen LogP contribution is -2.38. The molecule has 0 aliphatic carbocycles. The highest BCUT2D eigenvalue weighted by Gasteiger charge is 2.41. The Morgan fingerprint density at radius 3 is 2.50 bits per heavy atom. The summed E-state index contributed by atoms with van der Waals surface area (Å²) in [6, 6.07) is 6.20. The van der Waals surface area contributed by atoms with Crippen LogP contribution in [0, 0.1) is 11.3 Å². The van der Waals surface area contributed by atoms with E-state index in [0.29, 0.717) is 6.08 Å². The molecule has 20 heavy (non-hydrogen) atoms. The minimum atomic E-state index is -4.66. The number of nitrogens with zero attached hydrogens (tertiary/aromatic N) is 1. The normalized spacial score (nSPS) is 13.4. The van der Waals surface area contributed by atoms with Crippen LogP contribution < -0.4 is 5.32 Å². The van der Waals surface area contributed by atoms with Crippen molar-refractivity contribution >= 4 is 5.91 Å². The number of halogens is 3. The second kappa shape index (κ2) is 6.61. The van der Waals surface area contributed by atoms with E-state index < -0.39 is 30.3 Å². The third kappa shape index (κ3) is 4.65. The zero-order chi connectivity index (χ0) is 15.2. The average molecular weight is 284 g/mol. The molecule has 1 aromatic carbocycles. The molecule has 0 aliphatic heterocycles. The Hall–Kier alpha value is -2.49. The summed E-state index contributed by atoms with van der Waals surface area (Å²) in [7, 11) is 0. The Balaban J connectivity index is 2.86. The molecule has 106 valence electrons. The lowest BCUT2D eigenvalue weighted by atomic mass is 10.1. The number of alkyl halides is 3. The van der Waals surface area contributed by atoms with Crippen LogP contribution in [0.2, 0.25) is 0 Å². The van der Waals surface area contributed by atoms with Gasteiger partial charge in [-0.25, -0.2) is 0 Å². The van der Waals surface area contributed by atoms with Gasteiger partial charge < -0.3 is 10.4 Å². The van der Waals surface area contributed by atoms with Crippen molar-refractivity contribution in [2.75, 3.05) is 0 Å². The number of nitriles is 1. The molecule has 0 aromatic heterocycles. The maximum atomic E-state index is 12.9. The summed E-state index contributed by atoms with van der Waals surface area (Å²) in [5.74, 6) is -1.63. The van der Waals surface area contributed by atoms with E-state index in [1.807, 2.05) is 0 Å². The lowest BCUT2D eigenvalue weighted by molar-refractivity contribution is -0.163. The third-order valence-electron chi connectivity index (χ3n) is 2.34. The second-order valence-corrected chi connectivity index (χ2v) is 3.89. The van der Waals surface area contributed by atoms with Gasteiger partial charge in [-0.1, -0.05) is 30.3 Å². The van der Waals surface area contributed by atoms with Crippen LogP contribution in [0.25, 0.3) is 0 Å². The lowest BCUT2D eigenvalue weighted by Gasteiger charge is -2.22. The topological polar surface area (TPSA) is 73.1 Å². The van der Waals surface area contributed by atoms with E-state index in [1.165, 1.54) is 30.3 Å². The molecule has 7 heteroatoms. The number of aliphatic hydroxyl groups excluding tert-OH is 1. The first kappa shape index (κ1) is 15.6. The van der Waals surface area contributed by atoms with Gasteiger partial charge in [-0.3, -0.25) is 4.79 Å². The number of allylic oxidation sites excluding steroid dienone is 1. The highest BCUT2D eigenvalue weighted by molar-refractivity contribution is 5.78. The van der Waals surface area contributed by atoms with E-state index in [-0.39, 0.29) is 5.56 Å². The molecule has 1 atom stereocenters. The number of hydrogen-bond acceptors (Lipinski definition) is 3. The third-order valence-corrected chi connectivity index (χ3v) is 2.34. The monoisotopic (exact) mass is 284 g/mol. The van der Waals surface area contributed by atoms with Crippen LogP contribution in [0.4, 0.5) is 13.2 Å². The second-order valence-electron chi connectivity index (χ2n) is 3.89. The van der Waals surface area contributed by atoms with Crippen molar-refractivity contribution in [2.45, 2.75) is 18.6 Å². The smallest absolute Gasteiger partial charge is 0.412 e. The number of rotatable bonds is 4. The number of aliphatic hydroxyl groups is 1. The molecule has 0 heterocycles. The van der Waals surface area contributed by atoms with Crippen molar-refractivity contribution in [1.29, 1.82) is 5.26 Å². The van der Waals surface area contributed by atoms with Gasteiger partial charge in [0.15, 0.2) is 6.04 Å². The molecule has 0 fully saturated rings. The summed E-state index contributed by atoms with van der Waals surface area (Å²) in [6.07, 6.45) is -4.66. The van der Waals surface area contributed by atoms with E-state index in [2.05, 4.69) is 0 Å². The minimum absolute atomic E-state index is 0.114. The molecule has 0 spiro atoms. The van der Waals surface area contributed by atoms with Gasteiger partial charge in [-0.2, -0.15) is 18.4 Å². The molecule has 4 nitrogen and oxygen atoms in total. The molecule has 0 saturated carbocycles. The molecular formula is C13H11F3N2O2. The molecule has 0 bridgehead atoms. The largest absolute Gasteiger partial charge is 0.511 e. The van der Waals surface area contributed by atoms with E-state index in [1.54, 1.807) is 11.4 Å². The Morgan fingerprint density at radius 1 is 1.40 bits per heavy atom. The summed E-state index contributed by atoms with van der Waals surface area (Å²) in [5.41, 5.74) is -0.114. The minimum Gasteiger partial charge on any atom is -0.511 e. The van der Waals surface area contributed by atoms with Crippen LogP contribution in [-0.2, 0) is 4.79 Å². The molecule has 1 amide bonds. The maximum Gasteiger partial charge on any atom is 0.412 e. The zero-order valence-electron chi connectivity index (χ0n) is 10.2. The summed E-state index contributed by atoms with van der Waals surface area (Å²) in [5, 5.41) is 19.1. The number of benzene rings is 1. The van der Waals surface area contributed by atoms with Crippen molar-refractivity contribution in [3.63, 3.8) is 0 Å². The highest BCUT2D eigenvalue weighted by Crippen LogP contribution is 2.32. The van der Waals surface area contributed by atoms with E-state index in [9.17, 15) is 18.0 Å². The SMILES string of the molecule is N#CC=C(O)CC(=O)NC(c1ccccc1)C(F)(F)F. The van der Waals surface area contributed by atoms with Crippen molar-refractivity contribution < 1.29 is 23.1 Å². The van der Waals surface area contributed by atoms with Crippen molar-refractivity contribution in [3.05, 3.63) is 47.7 Å². The fourth-order valence-corrected chi connectivity index (χ4v) is 1.50. The van der Waals surface area contributed by atoms with Gasteiger partial charge in [0.25, 0.3) is 0 Å². The predicted molar refractivity (Wildman–Crippen MR) is 64.3 cm³/mol. The zero-order valence-corrected chi connectivity index (χ0v) is 10.2. The molecule has 1 rings (SSSR count). The summed E-state index contributed by atoms with van der Waals surface area (Å²) in [4.78, 5) is 11.4. The number of nitrogens with one attached hydrogen (secondary N) is 1. The standard InChI is InChI=1S/C13H11F3N2O2/c14-13(15,16)12(9-4-2-1-3-5-9)18-11(20)8-10(19)6-7-17/h1-6,12,19H,8H2,(H,18,20). The Morgan fingerprint density at radius 2 is 2.00 bits per heavy atom. The van der Waals surface area contributed by atoms with Crippen LogP contribution in [0.15, 0.2) is 42.2 Å². The van der Waals surface area contributed by atoms with Gasteiger partial charge in [-0.15, -0.1) is 0 Å². The Kier molecular flexibility index (Phi) is 5.15. The van der Waals surface area contributed by atoms with Gasteiger partial charge >= 0.3 is 6.18 Å². The maximum absolute atomic E-state index is 12.9. The van der Waals surface area contributed by atoms with Crippen LogP contribution in [0.1, 0.15) is 18.0 Å². The first-order valence-electron chi connectivity index (χ1n) is 5.53. The number of carbonyl (C=O) groups excluding carboxylic acids is 1. The molecule has 0 saturated heterocycles. The van der Waals surface area contributed by atoms with Crippen LogP contribution in [-0.4, -0.2) is 17.2 Å². The van der Waals surface area contributed by atoms with Gasteiger partial charge in [0.2, 0.25) is 5.91 Å². The number of carbonyl (C=O) groups is 1. The summed E-state index contributed by atoms with van der Waals surface area (Å²) >= 11 is 0. The first-order chi connectivity index (χ1) is 9.34. The first-order valence-corrected chi connectivity index (χ1v) is 5.53. The Labute approximate surface area is 113 Å². The number of amides is 1. The van der Waals surface area contributed by atoms with Crippen LogP contribution in [0.5, 0.6) is 0 Å². The number of hydrogen-bond donors (Lipinski definition) is 2. The molecule has 1 unspecified atom stereocenters. The van der Waals surface area contributed by atoms with Crippen LogP contribution in [0.3, 0.4) is 0 Å². The highest BCUT2D eigenvalue weighted by atomic mass is 19.4. The summed E-state index contributed by atoms with van der Waals surface area (Å²) < 4.78 is 38.7. The Bertz CT molecular complexity index is 533. The quantitative estimate of drug-likeness (QED) is 0.659. The van der Waals surface area contributed by atoms with Gasteiger partial charge in [0.05, 0.1) is 18.6 Å². The van der Waals surface area contributed by atoms with Gasteiger partial charge in [0.1, 0.15) is 5.76 Å². The van der Waals surface area contributed by atoms with Gasteiger partial charge in [-0.05, 0) is 5.56 Å². The van der Waals surface area contributed by atoms with Crippen molar-refractivity contribution in [2.24, 2.45) is 0 Å². The molecule has 1 aromatic rings. The van der Waals surface area contributed by atoms with E-state index in [4.69, 9.17) is 10.4 Å². The molecule has 0 aliphatic rings. The van der Waals surface area contributed by atoms with Crippen LogP contribution >= 0.6 is 0 Å². The van der Waals surface area contributed by atoms with Crippen molar-refractivity contribution in [3.8, 4) is 6.07 Å².